The summed E-state index contributed by atoms with van der Waals surface area (Å²) in [6.45, 7) is 2.39. The van der Waals surface area contributed by atoms with Crippen LogP contribution in [0.4, 0.5) is 4.39 Å². The third kappa shape index (κ3) is 2.03. The molecule has 3 heteroatoms. The van der Waals surface area contributed by atoms with E-state index in [-0.39, 0.29) is 10.6 Å². The molecular formula is C10H14FNS. The predicted octanol–water partition coefficient (Wildman–Crippen LogP) is 2.36. The summed E-state index contributed by atoms with van der Waals surface area (Å²) in [5, 5.41) is 0. The number of hydrogen-bond acceptors (Lipinski definition) is 2. The van der Waals surface area contributed by atoms with Gasteiger partial charge in [-0.05, 0) is 19.2 Å². The summed E-state index contributed by atoms with van der Waals surface area (Å²) < 4.78 is 13.1. The van der Waals surface area contributed by atoms with Crippen LogP contribution < -0.4 is 5.73 Å². The van der Waals surface area contributed by atoms with Gasteiger partial charge in [0.2, 0.25) is 0 Å². The summed E-state index contributed by atoms with van der Waals surface area (Å²) in [5.41, 5.74) is 6.32. The molecule has 1 rings (SSSR count). The van der Waals surface area contributed by atoms with Gasteiger partial charge in [0, 0.05) is 12.1 Å². The van der Waals surface area contributed by atoms with Crippen LogP contribution in [0.3, 0.4) is 0 Å². The molecule has 0 saturated heterocycles. The van der Waals surface area contributed by atoms with Crippen LogP contribution in [0.5, 0.6) is 0 Å². The number of nitrogens with two attached hydrogens (primary N) is 1. The van der Waals surface area contributed by atoms with Gasteiger partial charge in [-0.25, -0.2) is 4.39 Å². The van der Waals surface area contributed by atoms with E-state index < -0.39 is 0 Å². The predicted molar refractivity (Wildman–Crippen MR) is 56.3 cm³/mol. The fourth-order valence-electron chi connectivity index (χ4n) is 1.19. The smallest absolute Gasteiger partial charge is 0.127 e. The quantitative estimate of drug-likeness (QED) is 0.808. The Labute approximate surface area is 82.5 Å². The van der Waals surface area contributed by atoms with Gasteiger partial charge in [-0.2, -0.15) is 11.8 Å². The molecule has 1 nitrogen and oxygen atoms in total. The van der Waals surface area contributed by atoms with Gasteiger partial charge in [0.1, 0.15) is 5.82 Å². The maximum absolute atomic E-state index is 13.4. The number of thioether (sulfide) groups is 1. The first-order valence-electron chi connectivity index (χ1n) is 4.14. The van der Waals surface area contributed by atoms with E-state index in [1.54, 1.807) is 23.9 Å². The first-order valence-corrected chi connectivity index (χ1v) is 5.37. The second kappa shape index (κ2) is 4.11. The van der Waals surface area contributed by atoms with Gasteiger partial charge in [-0.15, -0.1) is 0 Å². The molecular weight excluding hydrogens is 185 g/mol. The number of halogens is 1. The Morgan fingerprint density at radius 1 is 1.46 bits per heavy atom. The fourth-order valence-corrected chi connectivity index (χ4v) is 1.75. The van der Waals surface area contributed by atoms with Crippen molar-refractivity contribution in [1.29, 1.82) is 0 Å². The lowest BCUT2D eigenvalue weighted by atomic mass is 10.00. The van der Waals surface area contributed by atoms with E-state index in [2.05, 4.69) is 0 Å². The number of hydrogen-bond donors (Lipinski definition) is 1. The van der Waals surface area contributed by atoms with Crippen molar-refractivity contribution in [1.82, 2.24) is 0 Å². The molecule has 72 valence electrons. The van der Waals surface area contributed by atoms with Crippen molar-refractivity contribution in [2.75, 3.05) is 12.8 Å². The standard InChI is InChI=1S/C10H14FNS/c1-10(7-12,13-2)8-5-3-4-6-9(8)11/h3-6H,7,12H2,1-2H3. The molecule has 0 heterocycles. The van der Waals surface area contributed by atoms with Gasteiger partial charge in [-0.3, -0.25) is 0 Å². The normalized spacial score (nSPS) is 15.4. The van der Waals surface area contributed by atoms with E-state index in [0.717, 1.165) is 0 Å². The highest BCUT2D eigenvalue weighted by Crippen LogP contribution is 2.34. The molecule has 0 aliphatic carbocycles. The number of benzene rings is 1. The van der Waals surface area contributed by atoms with Crippen molar-refractivity contribution >= 4 is 11.8 Å². The van der Waals surface area contributed by atoms with Gasteiger partial charge in [0.25, 0.3) is 0 Å². The summed E-state index contributed by atoms with van der Waals surface area (Å²) in [7, 11) is 0. The van der Waals surface area contributed by atoms with Gasteiger partial charge >= 0.3 is 0 Å². The molecule has 1 aromatic carbocycles. The van der Waals surface area contributed by atoms with Gasteiger partial charge in [-0.1, -0.05) is 18.2 Å². The first-order chi connectivity index (χ1) is 6.14. The topological polar surface area (TPSA) is 26.0 Å². The zero-order valence-corrected chi connectivity index (χ0v) is 8.70. The lowest BCUT2D eigenvalue weighted by Gasteiger charge is -2.26. The van der Waals surface area contributed by atoms with E-state index >= 15 is 0 Å². The average Bonchev–Trinajstić information content (AvgIpc) is 2.17. The summed E-state index contributed by atoms with van der Waals surface area (Å²) in [6.07, 6.45) is 1.94. The molecule has 1 atom stereocenters. The average molecular weight is 199 g/mol. The highest BCUT2D eigenvalue weighted by Gasteiger charge is 2.26. The Kier molecular flexibility index (Phi) is 3.33. The SMILES string of the molecule is CSC(C)(CN)c1ccccc1F. The van der Waals surface area contributed by atoms with Crippen LogP contribution in [0.1, 0.15) is 12.5 Å². The lowest BCUT2D eigenvalue weighted by molar-refractivity contribution is 0.574. The van der Waals surface area contributed by atoms with Gasteiger partial charge in [0.05, 0.1) is 4.75 Å². The molecule has 0 aliphatic rings. The fraction of sp³-hybridized carbons (Fsp3) is 0.400. The van der Waals surface area contributed by atoms with Crippen LogP contribution in [-0.4, -0.2) is 12.8 Å². The van der Waals surface area contributed by atoms with Crippen molar-refractivity contribution < 1.29 is 4.39 Å². The zero-order chi connectivity index (χ0) is 9.90. The van der Waals surface area contributed by atoms with Crippen LogP contribution >= 0.6 is 11.8 Å². The molecule has 0 amide bonds. The van der Waals surface area contributed by atoms with Crippen molar-refractivity contribution in [3.8, 4) is 0 Å². The van der Waals surface area contributed by atoms with Crippen molar-refractivity contribution in [2.24, 2.45) is 5.73 Å². The van der Waals surface area contributed by atoms with Crippen molar-refractivity contribution in [2.45, 2.75) is 11.7 Å². The van der Waals surface area contributed by atoms with Crippen LogP contribution in [-0.2, 0) is 4.75 Å². The molecule has 1 unspecified atom stereocenters. The Bertz CT molecular complexity index is 284. The highest BCUT2D eigenvalue weighted by molar-refractivity contribution is 7.99. The first kappa shape index (κ1) is 10.5. The summed E-state index contributed by atoms with van der Waals surface area (Å²) >= 11 is 1.57. The summed E-state index contributed by atoms with van der Waals surface area (Å²) in [4.78, 5) is 0. The van der Waals surface area contributed by atoms with E-state index in [0.29, 0.717) is 12.1 Å². The second-order valence-electron chi connectivity index (χ2n) is 3.12. The lowest BCUT2D eigenvalue weighted by Crippen LogP contribution is -2.28. The van der Waals surface area contributed by atoms with Crippen LogP contribution in [0.25, 0.3) is 0 Å². The minimum absolute atomic E-state index is 0.176. The number of rotatable bonds is 3. The largest absolute Gasteiger partial charge is 0.329 e. The monoisotopic (exact) mass is 199 g/mol. The second-order valence-corrected chi connectivity index (χ2v) is 4.43. The maximum atomic E-state index is 13.4. The Hall–Kier alpha value is -0.540. The van der Waals surface area contributed by atoms with Crippen LogP contribution in [0.15, 0.2) is 24.3 Å². The molecule has 0 radical (unpaired) electrons. The molecule has 0 fully saturated rings. The van der Waals surface area contributed by atoms with Crippen LogP contribution in [0.2, 0.25) is 0 Å². The van der Waals surface area contributed by atoms with E-state index in [4.69, 9.17) is 5.73 Å². The van der Waals surface area contributed by atoms with E-state index in [1.165, 1.54) is 6.07 Å². The Balaban J connectivity index is 3.12. The minimum atomic E-state index is -0.314. The third-order valence-electron chi connectivity index (χ3n) is 2.28. The van der Waals surface area contributed by atoms with Crippen molar-refractivity contribution in [3.63, 3.8) is 0 Å². The highest BCUT2D eigenvalue weighted by atomic mass is 32.2. The van der Waals surface area contributed by atoms with Crippen LogP contribution in [0, 0.1) is 5.82 Å². The Morgan fingerprint density at radius 3 is 2.54 bits per heavy atom. The van der Waals surface area contributed by atoms with E-state index in [9.17, 15) is 4.39 Å². The summed E-state index contributed by atoms with van der Waals surface area (Å²) in [6, 6.07) is 6.79. The molecule has 0 spiro atoms. The van der Waals surface area contributed by atoms with Gasteiger partial charge < -0.3 is 5.73 Å². The maximum Gasteiger partial charge on any atom is 0.127 e. The molecule has 0 aliphatic heterocycles. The molecule has 2 N–H and O–H groups in total. The third-order valence-corrected chi connectivity index (χ3v) is 3.57. The zero-order valence-electron chi connectivity index (χ0n) is 7.88. The van der Waals surface area contributed by atoms with Gasteiger partial charge in [0.15, 0.2) is 0 Å². The molecule has 1 aromatic rings. The molecule has 13 heavy (non-hydrogen) atoms. The molecule has 0 bridgehead atoms. The summed E-state index contributed by atoms with van der Waals surface area (Å²) in [5.74, 6) is -0.176. The molecule has 0 aromatic heterocycles. The van der Waals surface area contributed by atoms with Crippen molar-refractivity contribution in [3.05, 3.63) is 35.6 Å². The molecule has 0 saturated carbocycles. The Morgan fingerprint density at radius 2 is 2.08 bits per heavy atom. The minimum Gasteiger partial charge on any atom is -0.329 e. The van der Waals surface area contributed by atoms with E-state index in [1.807, 2.05) is 19.2 Å².